The highest BCUT2D eigenvalue weighted by atomic mass is 15.0. The highest BCUT2D eigenvalue weighted by molar-refractivity contribution is 6.13. The lowest BCUT2D eigenvalue weighted by Crippen LogP contribution is -2.10. The van der Waals surface area contributed by atoms with E-state index in [4.69, 9.17) is 0 Å². The summed E-state index contributed by atoms with van der Waals surface area (Å²) in [4.78, 5) is 0. The highest BCUT2D eigenvalue weighted by Gasteiger charge is 2.25. The van der Waals surface area contributed by atoms with Gasteiger partial charge in [-0.1, -0.05) is 72.8 Å². The minimum atomic E-state index is -0.279. The molecule has 42 heavy (non-hydrogen) atoms. The van der Waals surface area contributed by atoms with Gasteiger partial charge in [0.05, 0.1) is 51.4 Å². The van der Waals surface area contributed by atoms with Gasteiger partial charge in [0.15, 0.2) is 0 Å². The molecule has 1 unspecified atom stereocenters. The summed E-state index contributed by atoms with van der Waals surface area (Å²) >= 11 is 0. The van der Waals surface area contributed by atoms with Crippen LogP contribution in [0.5, 0.6) is 0 Å². The zero-order chi connectivity index (χ0) is 28.2. The Morgan fingerprint density at radius 3 is 1.79 bits per heavy atom. The summed E-state index contributed by atoms with van der Waals surface area (Å²) in [7, 11) is 0. The second kappa shape index (κ2) is 9.37. The fourth-order valence-electron chi connectivity index (χ4n) is 6.66. The first-order valence-corrected chi connectivity index (χ1v) is 14.1. The molecule has 1 aliphatic rings. The first-order valence-electron chi connectivity index (χ1n) is 14.1. The summed E-state index contributed by atoms with van der Waals surface area (Å²) in [5.41, 5.74) is 9.17. The van der Waals surface area contributed by atoms with Gasteiger partial charge in [0, 0.05) is 32.8 Å². The van der Waals surface area contributed by atoms with Crippen LogP contribution in [0, 0.1) is 28.6 Å². The second-order valence-electron chi connectivity index (χ2n) is 10.7. The molecule has 0 bridgehead atoms. The molecule has 1 atom stereocenters. The van der Waals surface area contributed by atoms with Crippen LogP contribution in [0.2, 0.25) is 0 Å². The lowest BCUT2D eigenvalue weighted by molar-refractivity contribution is 0.855. The number of para-hydroxylation sites is 3. The average Bonchev–Trinajstić information content (AvgIpc) is 3.57. The van der Waals surface area contributed by atoms with E-state index in [2.05, 4.69) is 118 Å². The van der Waals surface area contributed by atoms with Gasteiger partial charge in [-0.3, -0.25) is 0 Å². The van der Waals surface area contributed by atoms with Crippen LogP contribution in [0.4, 0.5) is 0 Å². The maximum Gasteiger partial charge on any atom is 0.0991 e. The molecule has 196 valence electrons. The third kappa shape index (κ3) is 3.46. The van der Waals surface area contributed by atoms with Gasteiger partial charge in [-0.2, -0.15) is 10.5 Å². The van der Waals surface area contributed by atoms with Crippen molar-refractivity contribution in [3.05, 3.63) is 139 Å². The van der Waals surface area contributed by atoms with Gasteiger partial charge in [0.25, 0.3) is 0 Å². The van der Waals surface area contributed by atoms with Crippen molar-refractivity contribution < 1.29 is 0 Å². The number of hydrogen-bond acceptors (Lipinski definition) is 2. The third-order valence-electron chi connectivity index (χ3n) is 8.49. The van der Waals surface area contributed by atoms with Crippen molar-refractivity contribution in [1.29, 1.82) is 10.5 Å². The zero-order valence-corrected chi connectivity index (χ0v) is 22.7. The van der Waals surface area contributed by atoms with Crippen LogP contribution in [0.15, 0.2) is 127 Å². The molecule has 0 spiro atoms. The lowest BCUT2D eigenvalue weighted by Gasteiger charge is -2.23. The van der Waals surface area contributed by atoms with Crippen molar-refractivity contribution in [2.24, 2.45) is 5.92 Å². The molecule has 5 aromatic carbocycles. The molecule has 4 nitrogen and oxygen atoms in total. The Labute approximate surface area is 242 Å². The van der Waals surface area contributed by atoms with Crippen molar-refractivity contribution in [2.75, 3.05) is 0 Å². The number of hydrogen-bond donors (Lipinski definition) is 0. The van der Waals surface area contributed by atoms with E-state index in [9.17, 15) is 10.5 Å². The number of allylic oxidation sites excluding steroid dienone is 4. The fraction of sp³-hybridized carbons (Fsp3) is 0.0526. The summed E-state index contributed by atoms with van der Waals surface area (Å²) in [5.74, 6) is -0.279. The summed E-state index contributed by atoms with van der Waals surface area (Å²) in [6.07, 6.45) is 4.91. The Bertz CT molecular complexity index is 2290. The molecule has 1 aliphatic carbocycles. The molecule has 0 saturated carbocycles. The van der Waals surface area contributed by atoms with E-state index in [1.54, 1.807) is 0 Å². The smallest absolute Gasteiger partial charge is 0.0991 e. The number of nitrogens with zero attached hydrogens (tertiary/aromatic N) is 4. The second-order valence-corrected chi connectivity index (χ2v) is 10.7. The Kier molecular flexibility index (Phi) is 5.36. The molecule has 2 heterocycles. The lowest BCUT2D eigenvalue weighted by atomic mass is 9.85. The van der Waals surface area contributed by atoms with Crippen LogP contribution >= 0.6 is 0 Å². The molecule has 0 amide bonds. The summed E-state index contributed by atoms with van der Waals surface area (Å²) in [6, 6.07) is 44.7. The van der Waals surface area contributed by atoms with E-state index in [0.717, 1.165) is 44.3 Å². The molecule has 4 heteroatoms. The van der Waals surface area contributed by atoms with E-state index in [1.165, 1.54) is 21.8 Å². The number of fused-ring (bicyclic) bond motifs is 6. The number of nitriles is 2. The molecule has 0 radical (unpaired) electrons. The molecule has 0 saturated heterocycles. The molecular formula is C38H24N4. The Balaban J connectivity index is 1.36. The van der Waals surface area contributed by atoms with Crippen molar-refractivity contribution in [3.8, 4) is 17.8 Å². The number of rotatable bonds is 3. The zero-order valence-electron chi connectivity index (χ0n) is 22.7. The maximum absolute atomic E-state index is 10.3. The SMILES string of the molecule is N#Cc1ccc2c(c1)c1ccccc1n2C1=C(c2ccc(-n3c4ccccc4c4ccccc43)cc2)C(C#N)CC=C1. The van der Waals surface area contributed by atoms with Crippen LogP contribution in [0.1, 0.15) is 17.5 Å². The molecule has 0 fully saturated rings. The fourth-order valence-corrected chi connectivity index (χ4v) is 6.66. The largest absolute Gasteiger partial charge is 0.309 e. The standard InChI is InChI=1S/C38H24N4/c39-23-25-16-21-36-32(22-25)31-11-3-6-14-35(31)42(36)37-15-7-8-27(24-40)38(37)26-17-19-28(20-18-26)41-33-12-4-1-9-29(33)30-10-2-5-13-34(30)41/h1-7,9-22,27H,8H2. The monoisotopic (exact) mass is 536 g/mol. The van der Waals surface area contributed by atoms with Crippen LogP contribution in [0.3, 0.4) is 0 Å². The van der Waals surface area contributed by atoms with E-state index in [0.29, 0.717) is 12.0 Å². The maximum atomic E-state index is 10.3. The third-order valence-corrected chi connectivity index (χ3v) is 8.49. The van der Waals surface area contributed by atoms with Gasteiger partial charge in [-0.25, -0.2) is 0 Å². The summed E-state index contributed by atoms with van der Waals surface area (Å²) < 4.78 is 4.56. The first kappa shape index (κ1) is 24.0. The van der Waals surface area contributed by atoms with Gasteiger partial charge >= 0.3 is 0 Å². The predicted molar refractivity (Wildman–Crippen MR) is 171 cm³/mol. The van der Waals surface area contributed by atoms with Gasteiger partial charge < -0.3 is 9.13 Å². The summed E-state index contributed by atoms with van der Waals surface area (Å²) in [5, 5.41) is 24.5. The quantitative estimate of drug-likeness (QED) is 0.226. The van der Waals surface area contributed by atoms with Crippen LogP contribution < -0.4 is 0 Å². The molecule has 0 aliphatic heterocycles. The molecule has 8 rings (SSSR count). The van der Waals surface area contributed by atoms with Gasteiger partial charge in [0.1, 0.15) is 0 Å². The Hall–Kier alpha value is -5.84. The van der Waals surface area contributed by atoms with Gasteiger partial charge in [-0.05, 0) is 66.6 Å². The van der Waals surface area contributed by atoms with E-state index >= 15 is 0 Å². The first-order chi connectivity index (χ1) is 20.8. The van der Waals surface area contributed by atoms with Crippen molar-refractivity contribution in [2.45, 2.75) is 6.42 Å². The van der Waals surface area contributed by atoms with Crippen molar-refractivity contribution in [3.63, 3.8) is 0 Å². The topological polar surface area (TPSA) is 57.4 Å². The minimum Gasteiger partial charge on any atom is -0.309 e. The van der Waals surface area contributed by atoms with Crippen LogP contribution in [0.25, 0.3) is 60.6 Å². The predicted octanol–water partition coefficient (Wildman–Crippen LogP) is 9.23. The normalized spacial score (nSPS) is 15.0. The van der Waals surface area contributed by atoms with E-state index in [1.807, 2.05) is 30.3 Å². The number of benzene rings is 5. The van der Waals surface area contributed by atoms with Gasteiger partial charge in [-0.15, -0.1) is 0 Å². The van der Waals surface area contributed by atoms with E-state index < -0.39 is 0 Å². The molecule has 2 aromatic heterocycles. The molecule has 0 N–H and O–H groups in total. The van der Waals surface area contributed by atoms with Crippen molar-refractivity contribution >= 4 is 54.9 Å². The average molecular weight is 537 g/mol. The Morgan fingerprint density at radius 2 is 1.17 bits per heavy atom. The van der Waals surface area contributed by atoms with Crippen molar-refractivity contribution in [1.82, 2.24) is 9.13 Å². The molecular weight excluding hydrogens is 512 g/mol. The Morgan fingerprint density at radius 1 is 0.595 bits per heavy atom. The van der Waals surface area contributed by atoms with Crippen LogP contribution in [-0.2, 0) is 0 Å². The summed E-state index contributed by atoms with van der Waals surface area (Å²) in [6.45, 7) is 0. The highest BCUT2D eigenvalue weighted by Crippen LogP contribution is 2.41. The van der Waals surface area contributed by atoms with Crippen LogP contribution in [-0.4, -0.2) is 9.13 Å². The minimum absolute atomic E-state index is 0.279. The van der Waals surface area contributed by atoms with Gasteiger partial charge in [0.2, 0.25) is 0 Å². The number of aromatic nitrogens is 2. The molecule has 7 aromatic rings. The van der Waals surface area contributed by atoms with E-state index in [-0.39, 0.29) is 5.92 Å².